The van der Waals surface area contributed by atoms with Crippen molar-refractivity contribution in [3.8, 4) is 0 Å². The Balaban J connectivity index is 0.000000264. The van der Waals surface area contributed by atoms with Gasteiger partial charge in [-0.25, -0.2) is 0 Å². The third-order valence-corrected chi connectivity index (χ3v) is 5.44. The number of H-pyrrole nitrogens is 1. The van der Waals surface area contributed by atoms with Crippen LogP contribution in [0.1, 0.15) is 0 Å². The van der Waals surface area contributed by atoms with E-state index >= 15 is 0 Å². The molecule has 2 saturated heterocycles. The molecule has 0 spiro atoms. The number of aromatic amines is 1. The number of hydrogen-bond acceptors (Lipinski definition) is 11. The van der Waals surface area contributed by atoms with Gasteiger partial charge in [-0.2, -0.15) is 0 Å². The lowest BCUT2D eigenvalue weighted by Gasteiger charge is -2.45. The monoisotopic (exact) mass is 459 g/mol. The highest BCUT2D eigenvalue weighted by Gasteiger charge is 2.50. The topological polar surface area (TPSA) is 205 Å². The summed E-state index contributed by atoms with van der Waals surface area (Å²) in [5.41, 5.74) is 1.21. The maximum atomic E-state index is 9.94. The third kappa shape index (κ3) is 5.27. The van der Waals surface area contributed by atoms with Crippen LogP contribution in [0.4, 0.5) is 0 Å². The molecule has 0 radical (unpaired) electrons. The molecule has 1 aromatic heterocycles. The Kier molecular flexibility index (Phi) is 8.55. The molecule has 4 rings (SSSR count). The first-order valence-electron chi connectivity index (χ1n) is 10.1. The molecule has 2 fully saturated rings. The molecule has 0 bridgehead atoms. The molecule has 10 atom stereocenters. The highest BCUT2D eigenvalue weighted by molar-refractivity contribution is 5.78. The van der Waals surface area contributed by atoms with E-state index in [2.05, 4.69) is 23.2 Å². The van der Waals surface area contributed by atoms with Crippen molar-refractivity contribution in [3.05, 3.63) is 36.5 Å². The zero-order valence-electron chi connectivity index (χ0n) is 17.0. The molecule has 180 valence electrons. The van der Waals surface area contributed by atoms with Gasteiger partial charge >= 0.3 is 0 Å². The average Bonchev–Trinajstić information content (AvgIpc) is 3.28. The Morgan fingerprint density at radius 3 is 2.09 bits per heavy atom. The maximum Gasteiger partial charge on any atom is 0.187 e. The van der Waals surface area contributed by atoms with Crippen molar-refractivity contribution >= 4 is 10.9 Å². The Morgan fingerprint density at radius 1 is 0.750 bits per heavy atom. The molecule has 2 unspecified atom stereocenters. The number of rotatable bonds is 4. The molecule has 12 heteroatoms. The smallest absolute Gasteiger partial charge is 0.187 e. The minimum atomic E-state index is -1.74. The summed E-state index contributed by atoms with van der Waals surface area (Å²) in [5.74, 6) is 0. The Hall–Kier alpha value is -1.68. The summed E-state index contributed by atoms with van der Waals surface area (Å²) in [6.45, 7) is -1.35. The molecule has 2 aliphatic rings. The third-order valence-electron chi connectivity index (χ3n) is 5.44. The first kappa shape index (κ1) is 25.0. The predicted molar refractivity (Wildman–Crippen MR) is 107 cm³/mol. The van der Waals surface area contributed by atoms with Crippen LogP contribution in [0.2, 0.25) is 0 Å². The predicted octanol–water partition coefficient (Wildman–Crippen LogP) is -3.23. The first-order valence-corrected chi connectivity index (χ1v) is 10.1. The van der Waals surface area contributed by atoms with Crippen molar-refractivity contribution in [2.45, 2.75) is 61.4 Å². The molecule has 32 heavy (non-hydrogen) atoms. The number of ether oxygens (including phenoxy) is 3. The largest absolute Gasteiger partial charge is 0.394 e. The van der Waals surface area contributed by atoms with Gasteiger partial charge in [-0.3, -0.25) is 0 Å². The van der Waals surface area contributed by atoms with E-state index in [9.17, 15) is 35.7 Å². The van der Waals surface area contributed by atoms with Crippen LogP contribution in [0.25, 0.3) is 10.9 Å². The van der Waals surface area contributed by atoms with Gasteiger partial charge in [0, 0.05) is 11.7 Å². The second kappa shape index (κ2) is 11.0. The molecule has 12 nitrogen and oxygen atoms in total. The fraction of sp³-hybridized carbons (Fsp3) is 0.600. The fourth-order valence-corrected chi connectivity index (χ4v) is 3.56. The van der Waals surface area contributed by atoms with E-state index in [0.717, 1.165) is 0 Å². The van der Waals surface area contributed by atoms with Crippen LogP contribution in [0.5, 0.6) is 0 Å². The summed E-state index contributed by atoms with van der Waals surface area (Å²) in [4.78, 5) is 3.12. The van der Waals surface area contributed by atoms with Gasteiger partial charge in [0.25, 0.3) is 0 Å². The zero-order valence-corrected chi connectivity index (χ0v) is 17.0. The lowest BCUT2D eigenvalue weighted by Crippen LogP contribution is -2.64. The van der Waals surface area contributed by atoms with E-state index < -0.39 is 74.6 Å². The van der Waals surface area contributed by atoms with Crippen molar-refractivity contribution in [1.29, 1.82) is 0 Å². The molecule has 0 aliphatic carbocycles. The lowest BCUT2D eigenvalue weighted by atomic mass is 9.97. The van der Waals surface area contributed by atoms with Gasteiger partial charge in [0.15, 0.2) is 12.6 Å². The number of nitrogens with one attached hydrogen (secondary N) is 1. The van der Waals surface area contributed by atoms with E-state index in [0.29, 0.717) is 0 Å². The molecule has 0 amide bonds. The Morgan fingerprint density at radius 2 is 1.44 bits per heavy atom. The number of aliphatic hydroxyl groups is 8. The number of aromatic nitrogens is 1. The average molecular weight is 459 g/mol. The minimum Gasteiger partial charge on any atom is -0.394 e. The van der Waals surface area contributed by atoms with Gasteiger partial charge in [0.2, 0.25) is 0 Å². The summed E-state index contributed by atoms with van der Waals surface area (Å²) in [5, 5.41) is 77.8. The van der Waals surface area contributed by atoms with Gasteiger partial charge in [0.1, 0.15) is 48.8 Å². The quantitative estimate of drug-likeness (QED) is 0.222. The minimum absolute atomic E-state index is 0.667. The fourth-order valence-electron chi connectivity index (χ4n) is 3.56. The molecule has 1 aromatic carbocycles. The normalized spacial score (nSPS) is 40.0. The molecule has 9 N–H and O–H groups in total. The number of fused-ring (bicyclic) bond motifs is 1. The molecule has 2 aliphatic heterocycles. The van der Waals surface area contributed by atoms with Gasteiger partial charge in [-0.15, -0.1) is 0 Å². The van der Waals surface area contributed by atoms with Crippen LogP contribution in [-0.4, -0.2) is 120 Å². The molecular weight excluding hydrogens is 430 g/mol. The highest BCUT2D eigenvalue weighted by Crippen LogP contribution is 2.28. The number of aliphatic hydroxyl groups excluding tert-OH is 8. The summed E-state index contributed by atoms with van der Waals surface area (Å²) >= 11 is 0. The summed E-state index contributed by atoms with van der Waals surface area (Å²) in [6, 6.07) is 10.3. The van der Waals surface area contributed by atoms with Crippen molar-refractivity contribution in [2.24, 2.45) is 0 Å². The molecular formula is C20H29NO11. The van der Waals surface area contributed by atoms with E-state index in [-0.39, 0.29) is 0 Å². The first-order chi connectivity index (χ1) is 15.3. The summed E-state index contributed by atoms with van der Waals surface area (Å²) in [7, 11) is 0. The van der Waals surface area contributed by atoms with E-state index in [4.69, 9.17) is 19.3 Å². The van der Waals surface area contributed by atoms with Gasteiger partial charge in [0.05, 0.1) is 13.2 Å². The second-order valence-corrected chi connectivity index (χ2v) is 7.59. The van der Waals surface area contributed by atoms with Gasteiger partial charge in [-0.1, -0.05) is 18.2 Å². The number of hydrogen-bond donors (Lipinski definition) is 9. The molecule has 3 heterocycles. The van der Waals surface area contributed by atoms with E-state index in [1.54, 1.807) is 0 Å². The SMILES string of the molecule is OC[C@H]1O[C@@H](O[C@H]2[C@H](O)C(O)C(O)O[C@@H]2CO)[C@H](O)[C@@H](O)[C@H]1O.c1ccc2[nH]ccc2c1. The van der Waals surface area contributed by atoms with Gasteiger partial charge in [-0.05, 0) is 17.5 Å². The van der Waals surface area contributed by atoms with Crippen LogP contribution in [0.3, 0.4) is 0 Å². The van der Waals surface area contributed by atoms with Crippen LogP contribution < -0.4 is 0 Å². The van der Waals surface area contributed by atoms with Crippen molar-refractivity contribution in [3.63, 3.8) is 0 Å². The summed E-state index contributed by atoms with van der Waals surface area (Å²) in [6.07, 6.45) is -13.6. The van der Waals surface area contributed by atoms with E-state index in [1.165, 1.54) is 10.9 Å². The summed E-state index contributed by atoms with van der Waals surface area (Å²) < 4.78 is 15.3. The Labute approximate surface area is 182 Å². The van der Waals surface area contributed by atoms with E-state index in [1.807, 2.05) is 18.3 Å². The molecule has 2 aromatic rings. The van der Waals surface area contributed by atoms with Crippen molar-refractivity contribution < 1.29 is 55.1 Å². The number of para-hydroxylation sites is 1. The van der Waals surface area contributed by atoms with Crippen LogP contribution in [-0.2, 0) is 14.2 Å². The maximum absolute atomic E-state index is 9.94. The second-order valence-electron chi connectivity index (χ2n) is 7.59. The lowest BCUT2D eigenvalue weighted by molar-refractivity contribution is -0.355. The van der Waals surface area contributed by atoms with Crippen LogP contribution >= 0.6 is 0 Å². The Bertz CT molecular complexity index is 800. The zero-order chi connectivity index (χ0) is 23.4. The van der Waals surface area contributed by atoms with Crippen LogP contribution in [0.15, 0.2) is 36.5 Å². The van der Waals surface area contributed by atoms with Gasteiger partial charge < -0.3 is 60.0 Å². The van der Waals surface area contributed by atoms with Crippen molar-refractivity contribution in [1.82, 2.24) is 4.98 Å². The standard InChI is InChI=1S/C12H22O11.C8H7N/c13-1-3-5(15)6(16)9(19)12(22-3)23-10-4(2-14)21-11(20)8(18)7(10)17;1-2-4-8-7(3-1)5-6-9-8/h3-20H,1-2H2;1-6,9H/t3-,4-,5+,6+,7-,8?,9-,10-,11?,12+;/m1./s1. The molecule has 0 saturated carbocycles. The van der Waals surface area contributed by atoms with Crippen molar-refractivity contribution in [2.75, 3.05) is 13.2 Å². The number of benzene rings is 1. The van der Waals surface area contributed by atoms with Crippen LogP contribution in [0, 0.1) is 0 Å². The highest BCUT2D eigenvalue weighted by atomic mass is 16.7.